The topological polar surface area (TPSA) is 34.2 Å². The minimum atomic E-state index is 0.420. The van der Waals surface area contributed by atoms with Crippen LogP contribution >= 0.6 is 11.8 Å². The van der Waals surface area contributed by atoms with Crippen molar-refractivity contribution in [1.29, 1.82) is 0 Å². The summed E-state index contributed by atoms with van der Waals surface area (Å²) in [4.78, 5) is 4.42. The lowest BCUT2D eigenvalue weighted by atomic mass is 10.4. The van der Waals surface area contributed by atoms with Gasteiger partial charge < -0.3 is 10.1 Å². The van der Waals surface area contributed by atoms with Gasteiger partial charge in [-0.3, -0.25) is 0 Å². The Bertz CT molecular complexity index is 326. The summed E-state index contributed by atoms with van der Waals surface area (Å²) in [5.74, 6) is 1.71. The Labute approximate surface area is 88.3 Å². The van der Waals surface area contributed by atoms with E-state index in [0.29, 0.717) is 6.10 Å². The van der Waals surface area contributed by atoms with Gasteiger partial charge in [0.05, 0.1) is 11.1 Å². The van der Waals surface area contributed by atoms with Gasteiger partial charge in [-0.15, -0.1) is 11.8 Å². The Morgan fingerprint density at radius 1 is 1.50 bits per heavy atom. The number of anilines is 1. The maximum Gasteiger partial charge on any atom is 0.169 e. The van der Waals surface area contributed by atoms with Gasteiger partial charge in [-0.25, -0.2) is 4.98 Å². The molecular formula is C10H14N2OS. The predicted molar refractivity (Wildman–Crippen MR) is 59.2 cm³/mol. The second-order valence-electron chi connectivity index (χ2n) is 3.27. The summed E-state index contributed by atoms with van der Waals surface area (Å²) >= 11 is 1.63. The Balaban J connectivity index is 2.19. The molecule has 1 aromatic rings. The first kappa shape index (κ1) is 9.65. The van der Waals surface area contributed by atoms with Crippen molar-refractivity contribution in [3.05, 3.63) is 12.1 Å². The molecule has 0 unspecified atom stereocenters. The summed E-state index contributed by atoms with van der Waals surface area (Å²) < 4.78 is 5.71. The molecule has 0 radical (unpaired) electrons. The van der Waals surface area contributed by atoms with E-state index in [-0.39, 0.29) is 0 Å². The van der Waals surface area contributed by atoms with Crippen molar-refractivity contribution in [3.8, 4) is 5.75 Å². The molecule has 0 atom stereocenters. The molecule has 0 bridgehead atoms. The normalized spacial score (nSPS) is 15.3. The first-order valence-corrected chi connectivity index (χ1v) is 5.95. The lowest BCUT2D eigenvalue weighted by Gasteiger charge is -2.10. The molecule has 1 N–H and O–H groups in total. The van der Waals surface area contributed by atoms with Gasteiger partial charge in [-0.1, -0.05) is 0 Å². The molecule has 0 aliphatic heterocycles. The summed E-state index contributed by atoms with van der Waals surface area (Å²) in [7, 11) is 1.87. The van der Waals surface area contributed by atoms with Crippen LogP contribution in [0, 0.1) is 0 Å². The van der Waals surface area contributed by atoms with Crippen LogP contribution in [0.5, 0.6) is 5.75 Å². The summed E-state index contributed by atoms with van der Waals surface area (Å²) in [6.07, 6.45) is 4.79. The molecule has 4 heteroatoms. The molecule has 1 fully saturated rings. The Hall–Kier alpha value is -0.900. The monoisotopic (exact) mass is 210 g/mol. The van der Waals surface area contributed by atoms with E-state index in [1.807, 2.05) is 25.4 Å². The molecule has 1 saturated carbocycles. The van der Waals surface area contributed by atoms with E-state index < -0.39 is 0 Å². The van der Waals surface area contributed by atoms with Crippen molar-refractivity contribution < 1.29 is 4.74 Å². The number of thioether (sulfide) groups is 1. The SMILES string of the molecule is CNc1nc(SC)ccc1OC1CC1. The zero-order valence-corrected chi connectivity index (χ0v) is 9.23. The van der Waals surface area contributed by atoms with E-state index in [1.54, 1.807) is 11.8 Å². The van der Waals surface area contributed by atoms with Gasteiger partial charge in [-0.2, -0.15) is 0 Å². The predicted octanol–water partition coefficient (Wildman–Crippen LogP) is 2.39. The highest BCUT2D eigenvalue weighted by Gasteiger charge is 2.24. The largest absolute Gasteiger partial charge is 0.487 e. The summed E-state index contributed by atoms with van der Waals surface area (Å²) in [5.41, 5.74) is 0. The van der Waals surface area contributed by atoms with Gasteiger partial charge in [0.25, 0.3) is 0 Å². The number of nitrogens with zero attached hydrogens (tertiary/aromatic N) is 1. The number of hydrogen-bond acceptors (Lipinski definition) is 4. The van der Waals surface area contributed by atoms with Crippen molar-refractivity contribution in [3.63, 3.8) is 0 Å². The van der Waals surface area contributed by atoms with Crippen LogP contribution < -0.4 is 10.1 Å². The average molecular weight is 210 g/mol. The van der Waals surface area contributed by atoms with Crippen LogP contribution in [0.3, 0.4) is 0 Å². The highest BCUT2D eigenvalue weighted by molar-refractivity contribution is 7.98. The molecule has 14 heavy (non-hydrogen) atoms. The van der Waals surface area contributed by atoms with Crippen LogP contribution in [0.1, 0.15) is 12.8 Å². The number of pyridine rings is 1. The van der Waals surface area contributed by atoms with Crippen molar-refractivity contribution in [2.75, 3.05) is 18.6 Å². The molecule has 1 heterocycles. The molecular weight excluding hydrogens is 196 g/mol. The van der Waals surface area contributed by atoms with E-state index >= 15 is 0 Å². The van der Waals surface area contributed by atoms with Crippen LogP contribution in [-0.2, 0) is 0 Å². The smallest absolute Gasteiger partial charge is 0.169 e. The Morgan fingerprint density at radius 3 is 2.86 bits per heavy atom. The third kappa shape index (κ3) is 2.12. The molecule has 1 aliphatic carbocycles. The standard InChI is InChI=1S/C10H14N2OS/c1-11-10-8(13-7-3-4-7)5-6-9(12-10)14-2/h5-7H,3-4H2,1-2H3,(H,11,12). The van der Waals surface area contributed by atoms with Crippen molar-refractivity contribution in [2.45, 2.75) is 24.0 Å². The quantitative estimate of drug-likeness (QED) is 0.774. The fourth-order valence-electron chi connectivity index (χ4n) is 1.18. The molecule has 0 amide bonds. The third-order valence-electron chi connectivity index (χ3n) is 2.10. The van der Waals surface area contributed by atoms with Gasteiger partial charge in [-0.05, 0) is 31.2 Å². The molecule has 1 aliphatic rings. The van der Waals surface area contributed by atoms with Crippen LogP contribution in [0.2, 0.25) is 0 Å². The van der Waals surface area contributed by atoms with Crippen LogP contribution in [0.4, 0.5) is 5.82 Å². The maximum atomic E-state index is 5.71. The third-order valence-corrected chi connectivity index (χ3v) is 2.74. The number of hydrogen-bond donors (Lipinski definition) is 1. The summed E-state index contributed by atoms with van der Waals surface area (Å²) in [6, 6.07) is 3.98. The van der Waals surface area contributed by atoms with E-state index in [4.69, 9.17) is 4.74 Å². The minimum absolute atomic E-state index is 0.420. The number of nitrogens with one attached hydrogen (secondary N) is 1. The van der Waals surface area contributed by atoms with E-state index in [0.717, 1.165) is 16.6 Å². The molecule has 3 nitrogen and oxygen atoms in total. The molecule has 0 aromatic carbocycles. The lowest BCUT2D eigenvalue weighted by molar-refractivity contribution is 0.303. The van der Waals surface area contributed by atoms with Crippen LogP contribution in [0.15, 0.2) is 17.2 Å². The van der Waals surface area contributed by atoms with Gasteiger partial charge in [0.2, 0.25) is 0 Å². The molecule has 0 saturated heterocycles. The second-order valence-corrected chi connectivity index (χ2v) is 4.09. The highest BCUT2D eigenvalue weighted by Crippen LogP contribution is 2.31. The van der Waals surface area contributed by atoms with Crippen LogP contribution in [0.25, 0.3) is 0 Å². The lowest BCUT2D eigenvalue weighted by Crippen LogP contribution is -2.02. The second kappa shape index (κ2) is 4.09. The van der Waals surface area contributed by atoms with E-state index in [9.17, 15) is 0 Å². The van der Waals surface area contributed by atoms with Gasteiger partial charge in [0.15, 0.2) is 11.6 Å². The first-order chi connectivity index (χ1) is 6.83. The van der Waals surface area contributed by atoms with Gasteiger partial charge in [0, 0.05) is 7.05 Å². The molecule has 0 spiro atoms. The fraction of sp³-hybridized carbons (Fsp3) is 0.500. The number of aromatic nitrogens is 1. The van der Waals surface area contributed by atoms with Crippen molar-refractivity contribution >= 4 is 17.6 Å². The van der Waals surface area contributed by atoms with E-state index in [1.165, 1.54) is 12.8 Å². The fourth-order valence-corrected chi connectivity index (χ4v) is 1.57. The summed E-state index contributed by atoms with van der Waals surface area (Å²) in [6.45, 7) is 0. The van der Waals surface area contributed by atoms with Crippen LogP contribution in [-0.4, -0.2) is 24.4 Å². The number of ether oxygens (including phenoxy) is 1. The Morgan fingerprint density at radius 2 is 2.29 bits per heavy atom. The van der Waals surface area contributed by atoms with Gasteiger partial charge in [0.1, 0.15) is 0 Å². The average Bonchev–Trinajstić information content (AvgIpc) is 3.02. The molecule has 76 valence electrons. The minimum Gasteiger partial charge on any atom is -0.487 e. The van der Waals surface area contributed by atoms with E-state index in [2.05, 4.69) is 10.3 Å². The van der Waals surface area contributed by atoms with Gasteiger partial charge >= 0.3 is 0 Å². The van der Waals surface area contributed by atoms with Crippen molar-refractivity contribution in [1.82, 2.24) is 4.98 Å². The zero-order valence-electron chi connectivity index (χ0n) is 8.41. The highest BCUT2D eigenvalue weighted by atomic mass is 32.2. The Kier molecular flexibility index (Phi) is 2.82. The molecule has 2 rings (SSSR count). The first-order valence-electron chi connectivity index (χ1n) is 4.73. The zero-order chi connectivity index (χ0) is 9.97. The van der Waals surface area contributed by atoms with Crippen molar-refractivity contribution in [2.24, 2.45) is 0 Å². The summed E-state index contributed by atoms with van der Waals surface area (Å²) in [5, 5.41) is 4.07. The number of rotatable bonds is 4. The molecule has 1 aromatic heterocycles. The maximum absolute atomic E-state index is 5.71.